The van der Waals surface area contributed by atoms with Crippen molar-refractivity contribution in [3.63, 3.8) is 0 Å². The Morgan fingerprint density at radius 1 is 1.03 bits per heavy atom. The van der Waals surface area contributed by atoms with Gasteiger partial charge in [-0.3, -0.25) is 19.7 Å². The van der Waals surface area contributed by atoms with E-state index in [2.05, 4.69) is 15.8 Å². The van der Waals surface area contributed by atoms with Crippen LogP contribution in [0.15, 0.2) is 53.6 Å². The second kappa shape index (κ2) is 9.63. The number of amides is 2. The first kappa shape index (κ1) is 23.0. The normalized spacial score (nSPS) is 10.9. The largest absolute Gasteiger partial charge is 0.329 e. The van der Waals surface area contributed by atoms with Gasteiger partial charge < -0.3 is 9.88 Å². The predicted octanol–water partition coefficient (Wildman–Crippen LogP) is 4.40. The summed E-state index contributed by atoms with van der Waals surface area (Å²) in [6, 6.07) is 12.2. The molecule has 1 aromatic heterocycles. The van der Waals surface area contributed by atoms with Gasteiger partial charge in [0.2, 0.25) is 0 Å². The van der Waals surface area contributed by atoms with Crippen LogP contribution in [-0.2, 0) is 9.59 Å². The molecule has 32 heavy (non-hydrogen) atoms. The zero-order chi connectivity index (χ0) is 23.4. The lowest BCUT2D eigenvalue weighted by Crippen LogP contribution is -2.32. The van der Waals surface area contributed by atoms with E-state index in [-0.39, 0.29) is 11.4 Å². The summed E-state index contributed by atoms with van der Waals surface area (Å²) in [5.41, 5.74) is 5.56. The molecule has 0 aliphatic carbocycles. The van der Waals surface area contributed by atoms with E-state index in [1.165, 1.54) is 30.5 Å². The number of anilines is 1. The van der Waals surface area contributed by atoms with Crippen LogP contribution in [0.25, 0.3) is 5.69 Å². The minimum absolute atomic E-state index is 0.129. The van der Waals surface area contributed by atoms with E-state index in [4.69, 9.17) is 23.2 Å². The van der Waals surface area contributed by atoms with E-state index >= 15 is 0 Å². The average Bonchev–Trinajstić information content (AvgIpc) is 3.03. The highest BCUT2D eigenvalue weighted by atomic mass is 35.5. The number of nitrogens with one attached hydrogen (secondary N) is 2. The number of hydrogen-bond acceptors (Lipinski definition) is 5. The quantitative estimate of drug-likeness (QED) is 0.247. The van der Waals surface area contributed by atoms with Gasteiger partial charge in [-0.25, -0.2) is 5.43 Å². The molecule has 3 aromatic rings. The SMILES string of the molecule is Cc1cc(/C=N\NC(=O)C(=O)Nc2ccc([N+](=O)[O-])cc2)c(C)n1-c1ccc(Cl)c(Cl)c1. The van der Waals surface area contributed by atoms with Crippen molar-refractivity contribution in [3.05, 3.63) is 85.6 Å². The number of nitrogens with zero attached hydrogens (tertiary/aromatic N) is 3. The van der Waals surface area contributed by atoms with E-state index < -0.39 is 16.7 Å². The molecule has 9 nitrogen and oxygen atoms in total. The molecule has 0 spiro atoms. The van der Waals surface area contributed by atoms with Crippen LogP contribution in [0, 0.1) is 24.0 Å². The van der Waals surface area contributed by atoms with E-state index in [0.29, 0.717) is 10.0 Å². The summed E-state index contributed by atoms with van der Waals surface area (Å²) in [7, 11) is 0. The van der Waals surface area contributed by atoms with Crippen LogP contribution in [0.1, 0.15) is 17.0 Å². The number of rotatable bonds is 5. The first-order chi connectivity index (χ1) is 15.2. The third-order valence-corrected chi connectivity index (χ3v) is 5.28. The van der Waals surface area contributed by atoms with Gasteiger partial charge in [0.1, 0.15) is 0 Å². The number of hydrazone groups is 1. The maximum absolute atomic E-state index is 12.0. The molecule has 2 aromatic carbocycles. The Balaban J connectivity index is 1.66. The van der Waals surface area contributed by atoms with Crippen LogP contribution in [0.3, 0.4) is 0 Å². The number of nitro groups is 1. The summed E-state index contributed by atoms with van der Waals surface area (Å²) >= 11 is 12.1. The maximum Gasteiger partial charge on any atom is 0.329 e. The monoisotopic (exact) mass is 473 g/mol. The Bertz CT molecular complexity index is 1240. The minimum atomic E-state index is -0.988. The van der Waals surface area contributed by atoms with Crippen LogP contribution >= 0.6 is 23.2 Å². The van der Waals surface area contributed by atoms with Crippen molar-refractivity contribution in [1.82, 2.24) is 9.99 Å². The van der Waals surface area contributed by atoms with Crippen molar-refractivity contribution in [2.45, 2.75) is 13.8 Å². The molecule has 0 radical (unpaired) electrons. The number of hydrogen-bond donors (Lipinski definition) is 2. The smallest absolute Gasteiger partial charge is 0.318 e. The molecule has 0 atom stereocenters. The number of carbonyl (C=O) groups is 2. The second-order valence-electron chi connectivity index (χ2n) is 6.72. The molecule has 0 saturated heterocycles. The van der Waals surface area contributed by atoms with Crippen molar-refractivity contribution < 1.29 is 14.5 Å². The van der Waals surface area contributed by atoms with Gasteiger partial charge in [0.25, 0.3) is 5.69 Å². The lowest BCUT2D eigenvalue weighted by Gasteiger charge is -2.10. The number of halogens is 2. The van der Waals surface area contributed by atoms with Gasteiger partial charge in [0.15, 0.2) is 0 Å². The zero-order valence-corrected chi connectivity index (χ0v) is 18.4. The van der Waals surface area contributed by atoms with Crippen molar-refractivity contribution in [3.8, 4) is 5.69 Å². The Morgan fingerprint density at radius 3 is 2.34 bits per heavy atom. The summed E-state index contributed by atoms with van der Waals surface area (Å²) in [5, 5.41) is 17.7. The number of aryl methyl sites for hydroxylation is 1. The fraction of sp³-hybridized carbons (Fsp3) is 0.0952. The summed E-state index contributed by atoms with van der Waals surface area (Å²) in [5.74, 6) is -1.95. The molecule has 0 bridgehead atoms. The maximum atomic E-state index is 12.0. The highest BCUT2D eigenvalue weighted by molar-refractivity contribution is 6.42. The molecular formula is C21H17Cl2N5O4. The van der Waals surface area contributed by atoms with Gasteiger partial charge in [0, 0.05) is 40.5 Å². The highest BCUT2D eigenvalue weighted by Gasteiger charge is 2.15. The molecular weight excluding hydrogens is 457 g/mol. The molecule has 3 rings (SSSR count). The number of nitro benzene ring substituents is 1. The van der Waals surface area contributed by atoms with Gasteiger partial charge >= 0.3 is 11.8 Å². The van der Waals surface area contributed by atoms with Gasteiger partial charge in [-0.15, -0.1) is 0 Å². The van der Waals surface area contributed by atoms with Crippen molar-refractivity contribution in [2.75, 3.05) is 5.32 Å². The Kier molecular flexibility index (Phi) is 6.92. The molecule has 0 saturated carbocycles. The lowest BCUT2D eigenvalue weighted by molar-refractivity contribution is -0.384. The first-order valence-electron chi connectivity index (χ1n) is 9.20. The molecule has 164 valence electrons. The summed E-state index contributed by atoms with van der Waals surface area (Å²) in [4.78, 5) is 34.1. The fourth-order valence-corrected chi connectivity index (χ4v) is 3.30. The molecule has 2 amide bonds. The second-order valence-corrected chi connectivity index (χ2v) is 7.53. The van der Waals surface area contributed by atoms with E-state index in [9.17, 15) is 19.7 Å². The van der Waals surface area contributed by atoms with Gasteiger partial charge in [-0.1, -0.05) is 23.2 Å². The van der Waals surface area contributed by atoms with Crippen molar-refractivity contribution >= 4 is 52.6 Å². The summed E-state index contributed by atoms with van der Waals surface area (Å²) in [6.45, 7) is 3.78. The third-order valence-electron chi connectivity index (χ3n) is 4.54. The summed E-state index contributed by atoms with van der Waals surface area (Å²) in [6.07, 6.45) is 1.42. The van der Waals surface area contributed by atoms with Crippen molar-refractivity contribution in [1.29, 1.82) is 0 Å². The third kappa shape index (κ3) is 5.13. The van der Waals surface area contributed by atoms with Crippen LogP contribution < -0.4 is 10.7 Å². The van der Waals surface area contributed by atoms with E-state index in [0.717, 1.165) is 22.6 Å². The summed E-state index contributed by atoms with van der Waals surface area (Å²) < 4.78 is 1.95. The first-order valence-corrected chi connectivity index (χ1v) is 9.96. The molecule has 0 aliphatic rings. The molecule has 1 heterocycles. The highest BCUT2D eigenvalue weighted by Crippen LogP contribution is 2.27. The molecule has 0 aliphatic heterocycles. The predicted molar refractivity (Wildman–Crippen MR) is 123 cm³/mol. The van der Waals surface area contributed by atoms with E-state index in [1.807, 2.05) is 30.5 Å². The van der Waals surface area contributed by atoms with Crippen LogP contribution in [-0.4, -0.2) is 27.5 Å². The fourth-order valence-electron chi connectivity index (χ4n) is 3.01. The topological polar surface area (TPSA) is 119 Å². The number of non-ortho nitro benzene ring substituents is 1. The Morgan fingerprint density at radius 2 is 1.72 bits per heavy atom. The standard InChI is InChI=1S/C21H17Cl2N5O4/c1-12-9-14(13(2)27(12)17-7-8-18(22)19(23)10-17)11-24-26-21(30)20(29)25-15-3-5-16(6-4-15)28(31)32/h3-11H,1-2H3,(H,25,29)(H,26,30)/b24-11-. The number of aromatic nitrogens is 1. The van der Waals surface area contributed by atoms with E-state index in [1.54, 1.807) is 12.1 Å². The van der Waals surface area contributed by atoms with Gasteiger partial charge in [-0.05, 0) is 50.2 Å². The van der Waals surface area contributed by atoms with Crippen molar-refractivity contribution in [2.24, 2.45) is 5.10 Å². The molecule has 0 unspecified atom stereocenters. The molecule has 2 N–H and O–H groups in total. The lowest BCUT2D eigenvalue weighted by atomic mass is 10.2. The van der Waals surface area contributed by atoms with Crippen LogP contribution in [0.5, 0.6) is 0 Å². The Hall–Kier alpha value is -3.69. The molecule has 0 fully saturated rings. The van der Waals surface area contributed by atoms with Crippen LogP contribution in [0.4, 0.5) is 11.4 Å². The Labute approximate surface area is 192 Å². The molecule has 11 heteroatoms. The number of benzene rings is 2. The minimum Gasteiger partial charge on any atom is -0.318 e. The van der Waals surface area contributed by atoms with Gasteiger partial charge in [0.05, 0.1) is 21.2 Å². The van der Waals surface area contributed by atoms with Crippen LogP contribution in [0.2, 0.25) is 10.0 Å². The number of carbonyl (C=O) groups excluding carboxylic acids is 2. The van der Waals surface area contributed by atoms with Gasteiger partial charge in [-0.2, -0.15) is 5.10 Å². The average molecular weight is 474 g/mol. The zero-order valence-electron chi connectivity index (χ0n) is 16.9.